The van der Waals surface area contributed by atoms with Crippen LogP contribution in [0.2, 0.25) is 0 Å². The Labute approximate surface area is 76.6 Å². The smallest absolute Gasteiger partial charge is 0.335 e. The molecule has 4 heteroatoms. The number of aliphatic hydroxyl groups excluding tert-OH is 1. The van der Waals surface area contributed by atoms with E-state index in [9.17, 15) is 4.79 Å². The van der Waals surface area contributed by atoms with Crippen molar-refractivity contribution >= 4 is 5.97 Å². The number of carboxylic acids is 1. The molecule has 0 aliphatic heterocycles. The van der Waals surface area contributed by atoms with E-state index in [-0.39, 0.29) is 0 Å². The number of hydrogen-bond acceptors (Lipinski definition) is 3. The van der Waals surface area contributed by atoms with E-state index in [0.717, 1.165) is 12.7 Å². The van der Waals surface area contributed by atoms with Gasteiger partial charge in [0.25, 0.3) is 0 Å². The summed E-state index contributed by atoms with van der Waals surface area (Å²) in [5, 5.41) is 15.5. The van der Waals surface area contributed by atoms with Crippen LogP contribution in [-0.4, -0.2) is 23.3 Å². The summed E-state index contributed by atoms with van der Waals surface area (Å²) in [5.41, 5.74) is 6.56. The van der Waals surface area contributed by atoms with Crippen molar-refractivity contribution in [3.05, 3.63) is 35.4 Å². The van der Waals surface area contributed by atoms with Crippen molar-refractivity contribution < 1.29 is 15.0 Å². The summed E-state index contributed by atoms with van der Waals surface area (Å²) in [5.74, 6) is -0.909. The van der Waals surface area contributed by atoms with Gasteiger partial charge in [-0.25, -0.2) is 4.79 Å². The minimum absolute atomic E-state index is 0.294. The molecule has 0 saturated heterocycles. The molecule has 0 aliphatic rings. The maximum absolute atomic E-state index is 10.4. The lowest BCUT2D eigenvalue weighted by Crippen LogP contribution is -1.99. The molecule has 1 aromatic carbocycles. The molecular weight excluding hydrogens is 170 g/mol. The Morgan fingerprint density at radius 1 is 1.31 bits per heavy atom. The summed E-state index contributed by atoms with van der Waals surface area (Å²) in [6, 6.07) is 6.52. The fourth-order valence-corrected chi connectivity index (χ4v) is 0.783. The first-order valence-electron chi connectivity index (χ1n) is 3.71. The number of rotatable bonds is 2. The molecule has 1 rings (SSSR count). The molecule has 0 spiro atoms. The van der Waals surface area contributed by atoms with Gasteiger partial charge in [-0.1, -0.05) is 12.1 Å². The molecule has 4 N–H and O–H groups in total. The minimum Gasteiger partial charge on any atom is -0.478 e. The fraction of sp³-hybridized carbons (Fsp3) is 0.222. The Kier molecular flexibility index (Phi) is 5.50. The predicted octanol–water partition coefficient (Wildman–Crippen LogP) is 0.452. The molecule has 0 aliphatic carbocycles. The number of carbonyl (C=O) groups is 1. The lowest BCUT2D eigenvalue weighted by atomic mass is 10.1. The molecule has 0 heterocycles. The van der Waals surface area contributed by atoms with Crippen molar-refractivity contribution in [2.24, 2.45) is 5.73 Å². The van der Waals surface area contributed by atoms with Crippen LogP contribution in [0, 0.1) is 0 Å². The third-order valence-electron chi connectivity index (χ3n) is 1.44. The van der Waals surface area contributed by atoms with E-state index in [4.69, 9.17) is 15.9 Å². The highest BCUT2D eigenvalue weighted by Gasteiger charge is 1.99. The highest BCUT2D eigenvalue weighted by atomic mass is 16.4. The topological polar surface area (TPSA) is 83.5 Å². The number of carboxylic acid groups (broad SMARTS) is 1. The molecule has 0 atom stereocenters. The Morgan fingerprint density at radius 2 is 1.77 bits per heavy atom. The minimum atomic E-state index is -0.909. The first-order valence-corrected chi connectivity index (χ1v) is 3.71. The Bertz CT molecular complexity index is 256. The van der Waals surface area contributed by atoms with Gasteiger partial charge in [0, 0.05) is 13.7 Å². The average molecular weight is 183 g/mol. The van der Waals surface area contributed by atoms with Crippen molar-refractivity contribution in [1.29, 1.82) is 0 Å². The zero-order valence-corrected chi connectivity index (χ0v) is 7.40. The maximum atomic E-state index is 10.4. The van der Waals surface area contributed by atoms with Crippen LogP contribution in [0.15, 0.2) is 24.3 Å². The van der Waals surface area contributed by atoms with Crippen molar-refractivity contribution in [3.63, 3.8) is 0 Å². The Balaban J connectivity index is 0.000000671. The predicted molar refractivity (Wildman–Crippen MR) is 49.4 cm³/mol. The van der Waals surface area contributed by atoms with E-state index in [1.165, 1.54) is 0 Å². The number of benzene rings is 1. The second kappa shape index (κ2) is 6.16. The van der Waals surface area contributed by atoms with Crippen LogP contribution in [0.1, 0.15) is 15.9 Å². The highest BCUT2D eigenvalue weighted by molar-refractivity contribution is 5.87. The lowest BCUT2D eigenvalue weighted by molar-refractivity contribution is 0.0697. The summed E-state index contributed by atoms with van der Waals surface area (Å²) < 4.78 is 0. The van der Waals surface area contributed by atoms with Crippen LogP contribution in [0.4, 0.5) is 0 Å². The molecule has 0 saturated carbocycles. The van der Waals surface area contributed by atoms with Crippen molar-refractivity contribution in [2.75, 3.05) is 7.11 Å². The van der Waals surface area contributed by atoms with Gasteiger partial charge in [-0.15, -0.1) is 0 Å². The molecule has 0 amide bonds. The van der Waals surface area contributed by atoms with Crippen molar-refractivity contribution in [1.82, 2.24) is 0 Å². The number of hydrogen-bond donors (Lipinski definition) is 3. The van der Waals surface area contributed by atoms with Gasteiger partial charge in [0.1, 0.15) is 0 Å². The number of nitrogens with two attached hydrogens (primary N) is 1. The molecule has 0 bridgehead atoms. The Morgan fingerprint density at radius 3 is 2.08 bits per heavy atom. The maximum Gasteiger partial charge on any atom is 0.335 e. The second-order valence-corrected chi connectivity index (χ2v) is 2.21. The Hall–Kier alpha value is -1.39. The molecule has 0 fully saturated rings. The quantitative estimate of drug-likeness (QED) is 0.621. The van der Waals surface area contributed by atoms with Crippen LogP contribution < -0.4 is 5.73 Å². The summed E-state index contributed by atoms with van der Waals surface area (Å²) >= 11 is 0. The molecular formula is C9H13NO3. The zero-order chi connectivity index (χ0) is 10.3. The molecule has 13 heavy (non-hydrogen) atoms. The number of aromatic carboxylic acids is 1. The van der Waals surface area contributed by atoms with Gasteiger partial charge in [-0.2, -0.15) is 0 Å². The van der Waals surface area contributed by atoms with E-state index in [2.05, 4.69) is 0 Å². The standard InChI is InChI=1S/C8H9NO2.CH4O/c9-5-6-1-3-7(4-2-6)8(10)11;1-2/h1-4H,5,9H2,(H,10,11);2H,1H3. The van der Waals surface area contributed by atoms with Gasteiger partial charge in [-0.05, 0) is 17.7 Å². The van der Waals surface area contributed by atoms with E-state index in [1.807, 2.05) is 0 Å². The second-order valence-electron chi connectivity index (χ2n) is 2.21. The van der Waals surface area contributed by atoms with Crippen molar-refractivity contribution in [3.8, 4) is 0 Å². The van der Waals surface area contributed by atoms with Gasteiger partial charge in [-0.3, -0.25) is 0 Å². The molecule has 0 aromatic heterocycles. The van der Waals surface area contributed by atoms with Crippen LogP contribution in [0.25, 0.3) is 0 Å². The van der Waals surface area contributed by atoms with Gasteiger partial charge in [0.15, 0.2) is 0 Å². The van der Waals surface area contributed by atoms with Gasteiger partial charge in [0.05, 0.1) is 5.56 Å². The summed E-state index contributed by atoms with van der Waals surface area (Å²) in [6.45, 7) is 0.444. The zero-order valence-electron chi connectivity index (χ0n) is 7.40. The molecule has 1 aromatic rings. The third-order valence-corrected chi connectivity index (χ3v) is 1.44. The van der Waals surface area contributed by atoms with E-state index in [0.29, 0.717) is 12.1 Å². The van der Waals surface area contributed by atoms with Crippen LogP contribution in [0.3, 0.4) is 0 Å². The van der Waals surface area contributed by atoms with E-state index < -0.39 is 5.97 Å². The molecule has 0 radical (unpaired) electrons. The van der Waals surface area contributed by atoms with Crippen molar-refractivity contribution in [2.45, 2.75) is 6.54 Å². The van der Waals surface area contributed by atoms with Crippen LogP contribution >= 0.6 is 0 Å². The first-order chi connectivity index (χ1) is 6.24. The highest BCUT2D eigenvalue weighted by Crippen LogP contribution is 2.02. The van der Waals surface area contributed by atoms with E-state index in [1.54, 1.807) is 24.3 Å². The molecule has 0 unspecified atom stereocenters. The molecule has 72 valence electrons. The third kappa shape index (κ3) is 3.68. The van der Waals surface area contributed by atoms with E-state index >= 15 is 0 Å². The van der Waals surface area contributed by atoms with Gasteiger partial charge >= 0.3 is 5.97 Å². The largest absolute Gasteiger partial charge is 0.478 e. The average Bonchev–Trinajstić information content (AvgIpc) is 2.21. The molecule has 4 nitrogen and oxygen atoms in total. The van der Waals surface area contributed by atoms with Gasteiger partial charge < -0.3 is 15.9 Å². The van der Waals surface area contributed by atoms with Gasteiger partial charge in [0.2, 0.25) is 0 Å². The van der Waals surface area contributed by atoms with Crippen LogP contribution in [0.5, 0.6) is 0 Å². The monoisotopic (exact) mass is 183 g/mol. The summed E-state index contributed by atoms with van der Waals surface area (Å²) in [4.78, 5) is 10.4. The SMILES string of the molecule is CO.NCc1ccc(C(=O)O)cc1. The number of aliphatic hydroxyl groups is 1. The van der Waals surface area contributed by atoms with Crippen LogP contribution in [-0.2, 0) is 6.54 Å². The first kappa shape index (κ1) is 11.6. The summed E-state index contributed by atoms with van der Waals surface area (Å²) in [7, 11) is 1.00. The lowest BCUT2D eigenvalue weighted by Gasteiger charge is -1.96. The summed E-state index contributed by atoms with van der Waals surface area (Å²) in [6.07, 6.45) is 0. The normalized spacial score (nSPS) is 8.54. The fourth-order valence-electron chi connectivity index (χ4n) is 0.783.